The van der Waals surface area contributed by atoms with Gasteiger partial charge in [0.15, 0.2) is 0 Å². The third kappa shape index (κ3) is 1.91. The molecule has 1 saturated heterocycles. The molecule has 0 saturated carbocycles. The highest BCUT2D eigenvalue weighted by molar-refractivity contribution is 9.10. The molecule has 1 aliphatic heterocycles. The molecule has 3 heteroatoms. The monoisotopic (exact) mass is 273 g/mol. The average molecular weight is 275 g/mol. The van der Waals surface area contributed by atoms with E-state index < -0.39 is 0 Å². The van der Waals surface area contributed by atoms with Gasteiger partial charge in [-0.1, -0.05) is 18.5 Å². The van der Waals surface area contributed by atoms with Gasteiger partial charge < -0.3 is 4.90 Å². The molecule has 1 aromatic carbocycles. The smallest absolute Gasteiger partial charge is 0.0549 e. The number of rotatable bonds is 2. The van der Waals surface area contributed by atoms with Crippen LogP contribution >= 0.6 is 27.5 Å². The van der Waals surface area contributed by atoms with Crippen LogP contribution in [0, 0.1) is 5.92 Å². The zero-order valence-electron chi connectivity index (χ0n) is 8.13. The number of halogens is 2. The first-order valence-electron chi connectivity index (χ1n) is 4.90. The van der Waals surface area contributed by atoms with Crippen LogP contribution < -0.4 is 4.90 Å². The van der Waals surface area contributed by atoms with Crippen molar-refractivity contribution in [1.82, 2.24) is 0 Å². The molecule has 0 radical (unpaired) electrons. The molecule has 2 rings (SSSR count). The number of benzene rings is 1. The predicted molar refractivity (Wildman–Crippen MR) is 65.1 cm³/mol. The van der Waals surface area contributed by atoms with Crippen LogP contribution in [0.25, 0.3) is 0 Å². The second kappa shape index (κ2) is 4.11. The average Bonchev–Trinajstić information content (AvgIpc) is 2.09. The Morgan fingerprint density at radius 1 is 1.50 bits per heavy atom. The number of nitrogens with zero attached hydrogens (tertiary/aromatic N) is 1. The van der Waals surface area contributed by atoms with E-state index in [-0.39, 0.29) is 0 Å². The third-order valence-electron chi connectivity index (χ3n) is 2.80. The Morgan fingerprint density at radius 2 is 2.21 bits per heavy atom. The van der Waals surface area contributed by atoms with Gasteiger partial charge in [-0.15, -0.1) is 0 Å². The second-order valence-corrected chi connectivity index (χ2v) is 5.04. The van der Waals surface area contributed by atoms with Gasteiger partial charge in [0.25, 0.3) is 0 Å². The van der Waals surface area contributed by atoms with Crippen molar-refractivity contribution in [3.05, 3.63) is 27.7 Å². The van der Waals surface area contributed by atoms with Gasteiger partial charge in [-0.2, -0.15) is 0 Å². The van der Waals surface area contributed by atoms with E-state index in [0.29, 0.717) is 0 Å². The molecular weight excluding hydrogens is 261 g/mol. The SMILES string of the molecule is CCC1CN(c2ccc(Cl)c(Br)c2)C1. The topological polar surface area (TPSA) is 3.24 Å². The van der Waals surface area contributed by atoms with Crippen LogP contribution in [0.15, 0.2) is 22.7 Å². The van der Waals surface area contributed by atoms with Crippen molar-refractivity contribution < 1.29 is 0 Å². The molecule has 1 aliphatic rings. The summed E-state index contributed by atoms with van der Waals surface area (Å²) in [5.74, 6) is 0.879. The third-order valence-corrected chi connectivity index (χ3v) is 4.02. The van der Waals surface area contributed by atoms with Crippen molar-refractivity contribution in [2.24, 2.45) is 5.92 Å². The first kappa shape index (κ1) is 10.3. The first-order valence-corrected chi connectivity index (χ1v) is 6.07. The van der Waals surface area contributed by atoms with Crippen LogP contribution in [0.5, 0.6) is 0 Å². The van der Waals surface area contributed by atoms with Crippen LogP contribution in [0.3, 0.4) is 0 Å². The lowest BCUT2D eigenvalue weighted by molar-refractivity contribution is 0.399. The molecule has 0 bridgehead atoms. The van der Waals surface area contributed by atoms with E-state index in [2.05, 4.69) is 39.9 Å². The fraction of sp³-hybridized carbons (Fsp3) is 0.455. The molecule has 0 N–H and O–H groups in total. The van der Waals surface area contributed by atoms with Gasteiger partial charge in [0, 0.05) is 23.2 Å². The Morgan fingerprint density at radius 3 is 2.79 bits per heavy atom. The molecule has 1 aromatic rings. The highest BCUT2D eigenvalue weighted by Gasteiger charge is 2.25. The summed E-state index contributed by atoms with van der Waals surface area (Å²) in [6.07, 6.45) is 1.28. The van der Waals surface area contributed by atoms with Crippen LogP contribution in [0.1, 0.15) is 13.3 Å². The van der Waals surface area contributed by atoms with Gasteiger partial charge in [-0.25, -0.2) is 0 Å². The molecular formula is C11H13BrClN. The van der Waals surface area contributed by atoms with Gasteiger partial charge in [-0.05, 0) is 46.5 Å². The van der Waals surface area contributed by atoms with E-state index in [1.807, 2.05) is 6.07 Å². The standard InChI is InChI=1S/C11H13BrClN/c1-2-8-6-14(7-8)9-3-4-11(13)10(12)5-9/h3-5,8H,2,6-7H2,1H3. The Labute approximate surface area is 98.2 Å². The largest absolute Gasteiger partial charge is 0.371 e. The zero-order chi connectivity index (χ0) is 10.1. The molecule has 0 spiro atoms. The maximum atomic E-state index is 5.94. The molecule has 0 aromatic heterocycles. The Bertz CT molecular complexity index is 334. The highest BCUT2D eigenvalue weighted by atomic mass is 79.9. The van der Waals surface area contributed by atoms with Crippen molar-refractivity contribution in [3.8, 4) is 0 Å². The van der Waals surface area contributed by atoms with Crippen LogP contribution in [0.2, 0.25) is 5.02 Å². The minimum atomic E-state index is 0.779. The van der Waals surface area contributed by atoms with Gasteiger partial charge in [0.05, 0.1) is 5.02 Å². The molecule has 1 nitrogen and oxygen atoms in total. The van der Waals surface area contributed by atoms with E-state index in [4.69, 9.17) is 11.6 Å². The van der Waals surface area contributed by atoms with E-state index in [9.17, 15) is 0 Å². The summed E-state index contributed by atoms with van der Waals surface area (Å²) >= 11 is 9.38. The Balaban J connectivity index is 2.08. The van der Waals surface area contributed by atoms with Gasteiger partial charge >= 0.3 is 0 Å². The van der Waals surface area contributed by atoms with Crippen molar-refractivity contribution >= 4 is 33.2 Å². The number of anilines is 1. The highest BCUT2D eigenvalue weighted by Crippen LogP contribution is 2.31. The minimum Gasteiger partial charge on any atom is -0.371 e. The molecule has 0 unspecified atom stereocenters. The van der Waals surface area contributed by atoms with E-state index in [0.717, 1.165) is 15.4 Å². The first-order chi connectivity index (χ1) is 6.70. The van der Waals surface area contributed by atoms with Crippen LogP contribution in [0.4, 0.5) is 5.69 Å². The van der Waals surface area contributed by atoms with Crippen molar-refractivity contribution in [2.75, 3.05) is 18.0 Å². The summed E-state index contributed by atoms with van der Waals surface area (Å²) in [5, 5.41) is 0.779. The summed E-state index contributed by atoms with van der Waals surface area (Å²) in [6.45, 7) is 4.62. The second-order valence-electron chi connectivity index (χ2n) is 3.78. The summed E-state index contributed by atoms with van der Waals surface area (Å²) in [5.41, 5.74) is 1.27. The van der Waals surface area contributed by atoms with E-state index >= 15 is 0 Å². The fourth-order valence-corrected chi connectivity index (χ4v) is 2.20. The lowest BCUT2D eigenvalue weighted by Gasteiger charge is -2.40. The molecule has 0 amide bonds. The van der Waals surface area contributed by atoms with Crippen molar-refractivity contribution in [2.45, 2.75) is 13.3 Å². The van der Waals surface area contributed by atoms with Crippen molar-refractivity contribution in [1.29, 1.82) is 0 Å². The van der Waals surface area contributed by atoms with Gasteiger partial charge in [0.2, 0.25) is 0 Å². The molecule has 0 aliphatic carbocycles. The number of hydrogen-bond acceptors (Lipinski definition) is 1. The van der Waals surface area contributed by atoms with E-state index in [1.165, 1.54) is 25.2 Å². The lowest BCUT2D eigenvalue weighted by Crippen LogP contribution is -2.46. The fourth-order valence-electron chi connectivity index (χ4n) is 1.72. The molecule has 1 fully saturated rings. The molecule has 14 heavy (non-hydrogen) atoms. The maximum absolute atomic E-state index is 5.94. The summed E-state index contributed by atoms with van der Waals surface area (Å²) in [7, 11) is 0. The summed E-state index contributed by atoms with van der Waals surface area (Å²) in [4.78, 5) is 2.38. The Kier molecular flexibility index (Phi) is 3.03. The van der Waals surface area contributed by atoms with Gasteiger partial charge in [0.1, 0.15) is 0 Å². The Hall–Kier alpha value is -0.210. The minimum absolute atomic E-state index is 0.779. The van der Waals surface area contributed by atoms with E-state index in [1.54, 1.807) is 0 Å². The maximum Gasteiger partial charge on any atom is 0.0549 e. The predicted octanol–water partition coefficient (Wildman–Crippen LogP) is 3.95. The van der Waals surface area contributed by atoms with Gasteiger partial charge in [-0.3, -0.25) is 0 Å². The molecule has 76 valence electrons. The quantitative estimate of drug-likeness (QED) is 0.789. The lowest BCUT2D eigenvalue weighted by atomic mass is 9.97. The van der Waals surface area contributed by atoms with Crippen LogP contribution in [-0.4, -0.2) is 13.1 Å². The number of hydrogen-bond donors (Lipinski definition) is 0. The summed E-state index contributed by atoms with van der Waals surface area (Å²) in [6, 6.07) is 6.12. The normalized spacial score (nSPS) is 16.9. The summed E-state index contributed by atoms with van der Waals surface area (Å²) < 4.78 is 0.983. The molecule has 1 heterocycles. The molecule has 0 atom stereocenters. The zero-order valence-corrected chi connectivity index (χ0v) is 10.5. The van der Waals surface area contributed by atoms with Crippen molar-refractivity contribution in [3.63, 3.8) is 0 Å². The van der Waals surface area contributed by atoms with Crippen LogP contribution in [-0.2, 0) is 0 Å².